The van der Waals surface area contributed by atoms with Crippen LogP contribution in [0.25, 0.3) is 0 Å². The number of aromatic nitrogens is 2. The molecular weight excluding hydrogens is 240 g/mol. The van der Waals surface area contributed by atoms with Gasteiger partial charge >= 0.3 is 6.01 Å². The molecule has 0 aliphatic heterocycles. The topological polar surface area (TPSA) is 55.2 Å². The molecule has 0 saturated carbocycles. The molecule has 0 aliphatic rings. The van der Waals surface area contributed by atoms with Crippen molar-refractivity contribution < 1.29 is 9.84 Å². The largest absolute Gasteiger partial charge is 0.424 e. The Labute approximate surface area is 113 Å². The van der Waals surface area contributed by atoms with E-state index < -0.39 is 0 Å². The van der Waals surface area contributed by atoms with Gasteiger partial charge in [0, 0.05) is 11.8 Å². The van der Waals surface area contributed by atoms with Crippen molar-refractivity contribution in [1.29, 1.82) is 0 Å². The first-order valence-corrected chi connectivity index (χ1v) is 6.31. The third kappa shape index (κ3) is 3.29. The summed E-state index contributed by atoms with van der Waals surface area (Å²) in [6.45, 7) is 6.06. The van der Waals surface area contributed by atoms with Crippen LogP contribution in [0.3, 0.4) is 0 Å². The molecule has 19 heavy (non-hydrogen) atoms. The highest BCUT2D eigenvalue weighted by molar-refractivity contribution is 5.31. The van der Waals surface area contributed by atoms with Gasteiger partial charge in [-0.15, -0.1) is 0 Å². The molecule has 0 fully saturated rings. The van der Waals surface area contributed by atoms with Crippen molar-refractivity contribution in [2.45, 2.75) is 33.3 Å². The normalized spacial score (nSPS) is 10.8. The predicted octanol–water partition coefficient (Wildman–Crippen LogP) is 3.19. The lowest BCUT2D eigenvalue weighted by Gasteiger charge is -2.08. The van der Waals surface area contributed by atoms with Crippen molar-refractivity contribution in [2.75, 3.05) is 0 Å². The number of hydrogen-bond acceptors (Lipinski definition) is 4. The van der Waals surface area contributed by atoms with E-state index in [0.29, 0.717) is 23.2 Å². The molecule has 1 heterocycles. The third-order valence-corrected chi connectivity index (χ3v) is 2.99. The summed E-state index contributed by atoms with van der Waals surface area (Å²) in [5, 5.41) is 9.06. The third-order valence-electron chi connectivity index (χ3n) is 2.99. The van der Waals surface area contributed by atoms with Crippen LogP contribution in [0.4, 0.5) is 0 Å². The number of nitrogens with zero attached hydrogens (tertiary/aromatic N) is 2. The van der Waals surface area contributed by atoms with Crippen LogP contribution < -0.4 is 4.74 Å². The molecule has 0 unspecified atom stereocenters. The highest BCUT2D eigenvalue weighted by Crippen LogP contribution is 2.22. The van der Waals surface area contributed by atoms with Gasteiger partial charge in [0.05, 0.1) is 12.3 Å². The first kappa shape index (κ1) is 13.5. The maximum Gasteiger partial charge on any atom is 0.322 e. The van der Waals surface area contributed by atoms with E-state index in [0.717, 1.165) is 5.69 Å². The van der Waals surface area contributed by atoms with Gasteiger partial charge in [0.15, 0.2) is 0 Å². The average molecular weight is 258 g/mol. The first-order valence-electron chi connectivity index (χ1n) is 6.31. The molecule has 1 aromatic carbocycles. The Balaban J connectivity index is 2.14. The SMILES string of the molecule is Cc1nc(Oc2ccc(C(C)C)cc2)ncc1CO. The molecule has 0 aliphatic carbocycles. The smallest absolute Gasteiger partial charge is 0.322 e. The Morgan fingerprint density at radius 1 is 1.21 bits per heavy atom. The maximum atomic E-state index is 9.06. The van der Waals surface area contributed by atoms with Crippen LogP contribution in [0.5, 0.6) is 11.8 Å². The molecule has 0 atom stereocenters. The molecule has 4 nitrogen and oxygen atoms in total. The van der Waals surface area contributed by atoms with Crippen LogP contribution in [-0.4, -0.2) is 15.1 Å². The van der Waals surface area contributed by atoms with Gasteiger partial charge in [-0.25, -0.2) is 4.98 Å². The highest BCUT2D eigenvalue weighted by atomic mass is 16.5. The lowest BCUT2D eigenvalue weighted by molar-refractivity contribution is 0.279. The molecule has 100 valence electrons. The van der Waals surface area contributed by atoms with Crippen LogP contribution in [0.2, 0.25) is 0 Å². The minimum Gasteiger partial charge on any atom is -0.424 e. The van der Waals surface area contributed by atoms with Gasteiger partial charge in [-0.1, -0.05) is 26.0 Å². The summed E-state index contributed by atoms with van der Waals surface area (Å²) in [4.78, 5) is 8.27. The van der Waals surface area contributed by atoms with Crippen LogP contribution in [0.15, 0.2) is 30.5 Å². The molecule has 1 aromatic heterocycles. The summed E-state index contributed by atoms with van der Waals surface area (Å²) in [6.07, 6.45) is 1.58. The molecule has 0 radical (unpaired) electrons. The minimum absolute atomic E-state index is 0.0603. The van der Waals surface area contributed by atoms with E-state index in [1.54, 1.807) is 6.20 Å². The lowest BCUT2D eigenvalue weighted by Crippen LogP contribution is -1.98. The van der Waals surface area contributed by atoms with Crippen molar-refractivity contribution in [2.24, 2.45) is 0 Å². The van der Waals surface area contributed by atoms with Crippen LogP contribution in [0, 0.1) is 6.92 Å². The second-order valence-corrected chi connectivity index (χ2v) is 4.75. The van der Waals surface area contributed by atoms with Crippen molar-refractivity contribution in [3.63, 3.8) is 0 Å². The molecular formula is C15H18N2O2. The van der Waals surface area contributed by atoms with Gasteiger partial charge in [0.1, 0.15) is 5.75 Å². The number of ether oxygens (including phenoxy) is 1. The molecule has 0 bridgehead atoms. The molecule has 0 amide bonds. The quantitative estimate of drug-likeness (QED) is 0.915. The number of hydrogen-bond donors (Lipinski definition) is 1. The van der Waals surface area contributed by atoms with E-state index in [4.69, 9.17) is 9.84 Å². The summed E-state index contributed by atoms with van der Waals surface area (Å²) < 4.78 is 5.59. The van der Waals surface area contributed by atoms with Gasteiger partial charge < -0.3 is 9.84 Å². The second-order valence-electron chi connectivity index (χ2n) is 4.75. The van der Waals surface area contributed by atoms with Crippen LogP contribution in [-0.2, 0) is 6.61 Å². The van der Waals surface area contributed by atoms with Gasteiger partial charge in [0.25, 0.3) is 0 Å². The van der Waals surface area contributed by atoms with Gasteiger partial charge in [-0.05, 0) is 30.5 Å². The van der Waals surface area contributed by atoms with E-state index in [1.807, 2.05) is 31.2 Å². The standard InChI is InChI=1S/C15H18N2O2/c1-10(2)12-4-6-14(7-5-12)19-15-16-8-13(9-18)11(3)17-15/h4-8,10,18H,9H2,1-3H3. The Morgan fingerprint density at radius 3 is 2.42 bits per heavy atom. The summed E-state index contributed by atoms with van der Waals surface area (Å²) >= 11 is 0. The minimum atomic E-state index is -0.0603. The fraction of sp³-hybridized carbons (Fsp3) is 0.333. The van der Waals surface area contributed by atoms with Crippen molar-refractivity contribution in [1.82, 2.24) is 9.97 Å². The van der Waals surface area contributed by atoms with Gasteiger partial charge in [-0.3, -0.25) is 0 Å². The molecule has 2 aromatic rings. The predicted molar refractivity (Wildman–Crippen MR) is 73.3 cm³/mol. The zero-order valence-electron chi connectivity index (χ0n) is 11.4. The number of aryl methyl sites for hydroxylation is 1. The average Bonchev–Trinajstić information content (AvgIpc) is 2.39. The van der Waals surface area contributed by atoms with E-state index in [9.17, 15) is 0 Å². The summed E-state index contributed by atoms with van der Waals surface area (Å²) in [5.74, 6) is 1.21. The molecule has 1 N–H and O–H groups in total. The van der Waals surface area contributed by atoms with Crippen molar-refractivity contribution >= 4 is 0 Å². The highest BCUT2D eigenvalue weighted by Gasteiger charge is 2.05. The van der Waals surface area contributed by atoms with Crippen molar-refractivity contribution in [3.05, 3.63) is 47.3 Å². The van der Waals surface area contributed by atoms with Gasteiger partial charge in [-0.2, -0.15) is 4.98 Å². The van der Waals surface area contributed by atoms with Crippen molar-refractivity contribution in [3.8, 4) is 11.8 Å². The zero-order valence-corrected chi connectivity index (χ0v) is 11.4. The van der Waals surface area contributed by atoms with E-state index in [-0.39, 0.29) is 6.61 Å². The van der Waals surface area contributed by atoms with Gasteiger partial charge in [0.2, 0.25) is 0 Å². The number of rotatable bonds is 4. The Kier molecular flexibility index (Phi) is 4.12. The van der Waals surface area contributed by atoms with Crippen LogP contribution in [0.1, 0.15) is 36.6 Å². The van der Waals surface area contributed by atoms with E-state index in [2.05, 4.69) is 23.8 Å². The Morgan fingerprint density at radius 2 is 1.89 bits per heavy atom. The number of aliphatic hydroxyl groups excluding tert-OH is 1. The number of aliphatic hydroxyl groups is 1. The van der Waals surface area contributed by atoms with E-state index >= 15 is 0 Å². The van der Waals surface area contributed by atoms with Crippen LogP contribution >= 0.6 is 0 Å². The fourth-order valence-corrected chi connectivity index (χ4v) is 1.70. The summed E-state index contributed by atoms with van der Waals surface area (Å²) in [7, 11) is 0. The summed E-state index contributed by atoms with van der Waals surface area (Å²) in [6, 6.07) is 8.19. The fourth-order valence-electron chi connectivity index (χ4n) is 1.70. The second kappa shape index (κ2) is 5.80. The van der Waals surface area contributed by atoms with E-state index in [1.165, 1.54) is 5.56 Å². The Hall–Kier alpha value is -1.94. The molecule has 4 heteroatoms. The summed E-state index contributed by atoms with van der Waals surface area (Å²) in [5.41, 5.74) is 2.70. The molecule has 2 rings (SSSR count). The first-order chi connectivity index (χ1) is 9.10. The maximum absolute atomic E-state index is 9.06. The molecule has 0 spiro atoms. The number of benzene rings is 1. The lowest BCUT2D eigenvalue weighted by atomic mass is 10.0. The molecule has 0 saturated heterocycles. The monoisotopic (exact) mass is 258 g/mol. The zero-order chi connectivity index (χ0) is 13.8. The Bertz CT molecular complexity index is 551.